The van der Waals surface area contributed by atoms with Crippen LogP contribution < -0.4 is 20.5 Å². The van der Waals surface area contributed by atoms with Crippen molar-refractivity contribution in [3.63, 3.8) is 0 Å². The minimum Gasteiger partial charge on any atom is -0.493 e. The van der Waals surface area contributed by atoms with Crippen molar-refractivity contribution in [2.24, 2.45) is 0 Å². The zero-order chi connectivity index (χ0) is 14.1. The standard InChI is InChI=1S/C15H26N2O2/c1-4-7-8-17-13-10-12(19-9-5-2)11-14(15(13)16)18-6-3/h10-11,17H,4-9,16H2,1-3H3. The summed E-state index contributed by atoms with van der Waals surface area (Å²) in [4.78, 5) is 0. The van der Waals surface area contributed by atoms with Crippen molar-refractivity contribution in [3.05, 3.63) is 12.1 Å². The van der Waals surface area contributed by atoms with E-state index in [1.165, 1.54) is 0 Å². The van der Waals surface area contributed by atoms with Crippen LogP contribution in [0.1, 0.15) is 40.0 Å². The molecule has 0 unspecified atom stereocenters. The Morgan fingerprint density at radius 3 is 2.53 bits per heavy atom. The summed E-state index contributed by atoms with van der Waals surface area (Å²) in [5, 5.41) is 3.34. The molecule has 3 N–H and O–H groups in total. The molecule has 0 bridgehead atoms. The molecule has 108 valence electrons. The highest BCUT2D eigenvalue weighted by Gasteiger charge is 2.09. The molecule has 0 radical (unpaired) electrons. The monoisotopic (exact) mass is 266 g/mol. The molecule has 19 heavy (non-hydrogen) atoms. The lowest BCUT2D eigenvalue weighted by atomic mass is 10.2. The first kappa shape index (κ1) is 15.5. The van der Waals surface area contributed by atoms with Crippen molar-refractivity contribution in [1.82, 2.24) is 0 Å². The molecule has 4 nitrogen and oxygen atoms in total. The first-order valence-corrected chi connectivity index (χ1v) is 7.15. The van der Waals surface area contributed by atoms with E-state index in [-0.39, 0.29) is 0 Å². The Morgan fingerprint density at radius 1 is 1.11 bits per heavy atom. The summed E-state index contributed by atoms with van der Waals surface area (Å²) >= 11 is 0. The fourth-order valence-corrected chi connectivity index (χ4v) is 1.73. The van der Waals surface area contributed by atoms with E-state index in [2.05, 4.69) is 19.2 Å². The molecular formula is C15H26N2O2. The number of hydrogen-bond donors (Lipinski definition) is 2. The van der Waals surface area contributed by atoms with Gasteiger partial charge in [-0.15, -0.1) is 0 Å². The molecule has 0 fully saturated rings. The van der Waals surface area contributed by atoms with Crippen LogP contribution >= 0.6 is 0 Å². The number of nitrogens with two attached hydrogens (primary N) is 1. The van der Waals surface area contributed by atoms with E-state index in [4.69, 9.17) is 15.2 Å². The fourth-order valence-electron chi connectivity index (χ4n) is 1.73. The molecule has 0 aliphatic carbocycles. The van der Waals surface area contributed by atoms with Gasteiger partial charge < -0.3 is 20.5 Å². The smallest absolute Gasteiger partial charge is 0.147 e. The largest absolute Gasteiger partial charge is 0.493 e. The maximum Gasteiger partial charge on any atom is 0.147 e. The molecule has 0 heterocycles. The molecule has 4 heteroatoms. The predicted octanol–water partition coefficient (Wildman–Crippen LogP) is 3.67. The highest BCUT2D eigenvalue weighted by molar-refractivity contribution is 5.75. The van der Waals surface area contributed by atoms with E-state index in [0.717, 1.165) is 37.2 Å². The van der Waals surface area contributed by atoms with Crippen LogP contribution in [0.2, 0.25) is 0 Å². The van der Waals surface area contributed by atoms with Gasteiger partial charge in [0.2, 0.25) is 0 Å². The molecule has 0 aliphatic rings. The van der Waals surface area contributed by atoms with Crippen LogP contribution in [0.3, 0.4) is 0 Å². The van der Waals surface area contributed by atoms with Crippen LogP contribution in [0.25, 0.3) is 0 Å². The second-order valence-corrected chi connectivity index (χ2v) is 4.44. The highest BCUT2D eigenvalue weighted by Crippen LogP contribution is 2.35. The van der Waals surface area contributed by atoms with Gasteiger partial charge in [0.25, 0.3) is 0 Å². The second-order valence-electron chi connectivity index (χ2n) is 4.44. The van der Waals surface area contributed by atoms with Crippen molar-refractivity contribution in [3.8, 4) is 11.5 Å². The van der Waals surface area contributed by atoms with Crippen LogP contribution in [0.5, 0.6) is 11.5 Å². The molecule has 1 rings (SSSR count). The third kappa shape index (κ3) is 4.89. The molecular weight excluding hydrogens is 240 g/mol. The molecule has 0 aromatic heterocycles. The zero-order valence-electron chi connectivity index (χ0n) is 12.3. The summed E-state index contributed by atoms with van der Waals surface area (Å²) in [5.74, 6) is 1.49. The Kier molecular flexibility index (Phi) is 6.93. The number of nitrogens with one attached hydrogen (secondary N) is 1. The van der Waals surface area contributed by atoms with Gasteiger partial charge in [-0.25, -0.2) is 0 Å². The van der Waals surface area contributed by atoms with Gasteiger partial charge in [0, 0.05) is 18.7 Å². The normalized spacial score (nSPS) is 10.3. The van der Waals surface area contributed by atoms with Crippen molar-refractivity contribution in [2.45, 2.75) is 40.0 Å². The molecule has 0 saturated heterocycles. The van der Waals surface area contributed by atoms with Gasteiger partial charge in [-0.3, -0.25) is 0 Å². The van der Waals surface area contributed by atoms with Crippen molar-refractivity contribution in [1.29, 1.82) is 0 Å². The summed E-state index contributed by atoms with van der Waals surface area (Å²) in [6, 6.07) is 3.81. The van der Waals surface area contributed by atoms with E-state index in [9.17, 15) is 0 Å². The number of anilines is 2. The Labute approximate surface area is 116 Å². The molecule has 0 aliphatic heterocycles. The molecule has 0 saturated carbocycles. The SMILES string of the molecule is CCCCNc1cc(OCCC)cc(OCC)c1N. The third-order valence-corrected chi connectivity index (χ3v) is 2.73. The summed E-state index contributed by atoms with van der Waals surface area (Å²) in [6.45, 7) is 8.39. The van der Waals surface area contributed by atoms with Crippen LogP contribution in [-0.2, 0) is 0 Å². The van der Waals surface area contributed by atoms with Crippen molar-refractivity contribution >= 4 is 11.4 Å². The lowest BCUT2D eigenvalue weighted by Gasteiger charge is -2.16. The van der Waals surface area contributed by atoms with Gasteiger partial charge >= 0.3 is 0 Å². The Morgan fingerprint density at radius 2 is 1.89 bits per heavy atom. The average Bonchev–Trinajstić information content (AvgIpc) is 2.41. The van der Waals surface area contributed by atoms with E-state index in [1.807, 2.05) is 19.1 Å². The van der Waals surface area contributed by atoms with Crippen LogP contribution in [0, 0.1) is 0 Å². The van der Waals surface area contributed by atoms with E-state index < -0.39 is 0 Å². The number of hydrogen-bond acceptors (Lipinski definition) is 4. The number of ether oxygens (including phenoxy) is 2. The molecule has 0 amide bonds. The lowest BCUT2D eigenvalue weighted by Crippen LogP contribution is -2.07. The highest BCUT2D eigenvalue weighted by atomic mass is 16.5. The van der Waals surface area contributed by atoms with E-state index >= 15 is 0 Å². The zero-order valence-corrected chi connectivity index (χ0v) is 12.3. The van der Waals surface area contributed by atoms with Crippen LogP contribution in [-0.4, -0.2) is 19.8 Å². The summed E-state index contributed by atoms with van der Waals surface area (Å²) < 4.78 is 11.2. The third-order valence-electron chi connectivity index (χ3n) is 2.73. The minimum absolute atomic E-state index is 0.593. The van der Waals surface area contributed by atoms with Gasteiger partial charge in [-0.2, -0.15) is 0 Å². The quantitative estimate of drug-likeness (QED) is 0.529. The Hall–Kier alpha value is -1.58. The van der Waals surface area contributed by atoms with Gasteiger partial charge in [-0.1, -0.05) is 20.3 Å². The Bertz CT molecular complexity index is 381. The predicted molar refractivity (Wildman–Crippen MR) is 81.2 cm³/mol. The molecule has 1 aromatic carbocycles. The summed E-state index contributed by atoms with van der Waals surface area (Å²) in [6.07, 6.45) is 3.24. The summed E-state index contributed by atoms with van der Waals surface area (Å²) in [5.41, 5.74) is 7.65. The van der Waals surface area contributed by atoms with Gasteiger partial charge in [0.15, 0.2) is 0 Å². The van der Waals surface area contributed by atoms with E-state index in [0.29, 0.717) is 24.7 Å². The summed E-state index contributed by atoms with van der Waals surface area (Å²) in [7, 11) is 0. The van der Waals surface area contributed by atoms with E-state index in [1.54, 1.807) is 0 Å². The van der Waals surface area contributed by atoms with Gasteiger partial charge in [0.05, 0.1) is 24.6 Å². The van der Waals surface area contributed by atoms with Crippen LogP contribution in [0.4, 0.5) is 11.4 Å². The average molecular weight is 266 g/mol. The fraction of sp³-hybridized carbons (Fsp3) is 0.600. The maximum absolute atomic E-state index is 6.11. The molecule has 0 spiro atoms. The first-order chi connectivity index (χ1) is 9.22. The first-order valence-electron chi connectivity index (χ1n) is 7.15. The number of benzene rings is 1. The van der Waals surface area contributed by atoms with Crippen molar-refractivity contribution < 1.29 is 9.47 Å². The maximum atomic E-state index is 6.11. The lowest BCUT2D eigenvalue weighted by molar-refractivity contribution is 0.310. The topological polar surface area (TPSA) is 56.5 Å². The van der Waals surface area contributed by atoms with Crippen molar-refractivity contribution in [2.75, 3.05) is 30.8 Å². The van der Waals surface area contributed by atoms with Gasteiger partial charge in [0.1, 0.15) is 11.5 Å². The second kappa shape index (κ2) is 8.51. The molecule has 1 aromatic rings. The minimum atomic E-state index is 0.593. The number of rotatable bonds is 9. The van der Waals surface area contributed by atoms with Gasteiger partial charge in [-0.05, 0) is 19.8 Å². The van der Waals surface area contributed by atoms with Crippen LogP contribution in [0.15, 0.2) is 12.1 Å². The Balaban J connectivity index is 2.87. The molecule has 0 atom stereocenters. The number of nitrogen functional groups attached to an aromatic ring is 1. The number of unbranched alkanes of at least 4 members (excludes halogenated alkanes) is 1.